The highest BCUT2D eigenvalue weighted by atomic mass is 16.4. The van der Waals surface area contributed by atoms with E-state index in [0.29, 0.717) is 6.54 Å². The molecule has 0 spiro atoms. The molecule has 1 saturated heterocycles. The van der Waals surface area contributed by atoms with Crippen LogP contribution in [0.1, 0.15) is 25.3 Å². The minimum absolute atomic E-state index is 0.604. The summed E-state index contributed by atoms with van der Waals surface area (Å²) >= 11 is 0. The Morgan fingerprint density at radius 3 is 2.41 bits per heavy atom. The summed E-state index contributed by atoms with van der Waals surface area (Å²) < 4.78 is 0. The number of rotatable bonds is 4. The van der Waals surface area contributed by atoms with Gasteiger partial charge in [0, 0.05) is 6.54 Å². The standard InChI is InChI=1S/C14H19NO2/c1-14(13(16)17,11-15-9-5-6-10-15)12-7-3-2-4-8-12/h2-4,7-8H,5-6,9-11H2,1H3,(H,16,17). The fourth-order valence-electron chi connectivity index (χ4n) is 2.48. The molecule has 0 saturated carbocycles. The van der Waals surface area contributed by atoms with Crippen molar-refractivity contribution in [1.82, 2.24) is 4.90 Å². The van der Waals surface area contributed by atoms with Crippen LogP contribution in [0.5, 0.6) is 0 Å². The second-order valence-electron chi connectivity index (χ2n) is 4.99. The molecule has 3 heteroatoms. The van der Waals surface area contributed by atoms with Crippen LogP contribution < -0.4 is 0 Å². The summed E-state index contributed by atoms with van der Waals surface area (Å²) in [6.45, 7) is 4.47. The van der Waals surface area contributed by atoms with Crippen molar-refractivity contribution in [2.45, 2.75) is 25.2 Å². The maximum absolute atomic E-state index is 11.6. The summed E-state index contributed by atoms with van der Waals surface area (Å²) in [5.74, 6) is -0.740. The minimum atomic E-state index is -0.800. The van der Waals surface area contributed by atoms with E-state index in [1.807, 2.05) is 37.3 Å². The molecule has 1 aliphatic rings. The number of likely N-dealkylation sites (tertiary alicyclic amines) is 1. The molecule has 0 bridgehead atoms. The van der Waals surface area contributed by atoms with Crippen molar-refractivity contribution in [3.05, 3.63) is 35.9 Å². The highest BCUT2D eigenvalue weighted by molar-refractivity contribution is 5.81. The number of carbonyl (C=O) groups is 1. The van der Waals surface area contributed by atoms with Gasteiger partial charge < -0.3 is 10.0 Å². The molecule has 1 unspecified atom stereocenters. The van der Waals surface area contributed by atoms with Crippen molar-refractivity contribution in [2.75, 3.05) is 19.6 Å². The summed E-state index contributed by atoms with van der Waals surface area (Å²) in [6, 6.07) is 9.54. The number of nitrogens with zero attached hydrogens (tertiary/aromatic N) is 1. The molecule has 0 aliphatic carbocycles. The lowest BCUT2D eigenvalue weighted by molar-refractivity contribution is -0.143. The van der Waals surface area contributed by atoms with Crippen LogP contribution in [0.4, 0.5) is 0 Å². The Morgan fingerprint density at radius 1 is 1.29 bits per heavy atom. The van der Waals surface area contributed by atoms with E-state index in [9.17, 15) is 9.90 Å². The fraction of sp³-hybridized carbons (Fsp3) is 0.500. The smallest absolute Gasteiger partial charge is 0.315 e. The van der Waals surface area contributed by atoms with Crippen LogP contribution in [0.3, 0.4) is 0 Å². The van der Waals surface area contributed by atoms with E-state index in [2.05, 4.69) is 4.90 Å². The summed E-state index contributed by atoms with van der Waals surface area (Å²) in [7, 11) is 0. The first-order valence-electron chi connectivity index (χ1n) is 6.14. The van der Waals surface area contributed by atoms with Crippen LogP contribution in [0.25, 0.3) is 0 Å². The lowest BCUT2D eigenvalue weighted by atomic mass is 9.82. The Hall–Kier alpha value is -1.35. The van der Waals surface area contributed by atoms with Gasteiger partial charge in [-0.2, -0.15) is 0 Å². The third-order valence-electron chi connectivity index (χ3n) is 3.62. The van der Waals surface area contributed by atoms with Crippen molar-refractivity contribution in [3.63, 3.8) is 0 Å². The average molecular weight is 233 g/mol. The molecule has 0 amide bonds. The molecule has 0 aromatic heterocycles. The minimum Gasteiger partial charge on any atom is -0.481 e. The number of carboxylic acids is 1. The van der Waals surface area contributed by atoms with E-state index < -0.39 is 11.4 Å². The van der Waals surface area contributed by atoms with Crippen LogP contribution in [-0.4, -0.2) is 35.6 Å². The van der Waals surface area contributed by atoms with Crippen molar-refractivity contribution in [1.29, 1.82) is 0 Å². The first-order chi connectivity index (χ1) is 8.13. The van der Waals surface area contributed by atoms with Crippen molar-refractivity contribution >= 4 is 5.97 Å². The molecule has 2 rings (SSSR count). The topological polar surface area (TPSA) is 40.5 Å². The normalized spacial score (nSPS) is 20.1. The molecule has 1 heterocycles. The monoisotopic (exact) mass is 233 g/mol. The largest absolute Gasteiger partial charge is 0.481 e. The van der Waals surface area contributed by atoms with Gasteiger partial charge in [0.05, 0.1) is 0 Å². The SMILES string of the molecule is CC(CN1CCCC1)(C(=O)O)c1ccccc1. The second kappa shape index (κ2) is 4.88. The molecule has 92 valence electrons. The highest BCUT2D eigenvalue weighted by Crippen LogP contribution is 2.26. The molecule has 1 fully saturated rings. The van der Waals surface area contributed by atoms with Gasteiger partial charge in [-0.15, -0.1) is 0 Å². The van der Waals surface area contributed by atoms with Crippen LogP contribution in [-0.2, 0) is 10.2 Å². The van der Waals surface area contributed by atoms with Gasteiger partial charge in [0.15, 0.2) is 0 Å². The van der Waals surface area contributed by atoms with E-state index in [1.165, 1.54) is 12.8 Å². The summed E-state index contributed by atoms with van der Waals surface area (Å²) in [5.41, 5.74) is 0.0883. The predicted molar refractivity (Wildman–Crippen MR) is 67.1 cm³/mol. The van der Waals surface area contributed by atoms with E-state index >= 15 is 0 Å². The molecule has 1 atom stereocenters. The maximum Gasteiger partial charge on any atom is 0.315 e. The van der Waals surface area contributed by atoms with Gasteiger partial charge in [0.25, 0.3) is 0 Å². The Bertz CT molecular complexity index is 384. The molecule has 17 heavy (non-hydrogen) atoms. The van der Waals surface area contributed by atoms with Crippen LogP contribution in [0, 0.1) is 0 Å². The second-order valence-corrected chi connectivity index (χ2v) is 4.99. The number of hydrogen-bond acceptors (Lipinski definition) is 2. The van der Waals surface area contributed by atoms with Crippen LogP contribution in [0.15, 0.2) is 30.3 Å². The van der Waals surface area contributed by atoms with Gasteiger partial charge in [-0.25, -0.2) is 0 Å². The number of benzene rings is 1. The van der Waals surface area contributed by atoms with Gasteiger partial charge in [0.1, 0.15) is 5.41 Å². The Morgan fingerprint density at radius 2 is 1.88 bits per heavy atom. The fourth-order valence-corrected chi connectivity index (χ4v) is 2.48. The Balaban J connectivity index is 2.23. The van der Waals surface area contributed by atoms with Gasteiger partial charge in [-0.3, -0.25) is 4.79 Å². The van der Waals surface area contributed by atoms with E-state index in [4.69, 9.17) is 0 Å². The molecule has 1 aromatic rings. The predicted octanol–water partition coefficient (Wildman–Crippen LogP) is 2.12. The molecule has 1 N–H and O–H groups in total. The van der Waals surface area contributed by atoms with Gasteiger partial charge in [-0.1, -0.05) is 30.3 Å². The molecule has 0 radical (unpaired) electrons. The third kappa shape index (κ3) is 2.50. The highest BCUT2D eigenvalue weighted by Gasteiger charge is 2.37. The first kappa shape index (κ1) is 12.1. The summed E-state index contributed by atoms with van der Waals surface area (Å²) in [4.78, 5) is 13.8. The van der Waals surface area contributed by atoms with Gasteiger partial charge in [-0.05, 0) is 38.4 Å². The van der Waals surface area contributed by atoms with Crippen LogP contribution >= 0.6 is 0 Å². The summed E-state index contributed by atoms with van der Waals surface area (Å²) in [6.07, 6.45) is 2.37. The lowest BCUT2D eigenvalue weighted by Gasteiger charge is -2.30. The molecular formula is C14H19NO2. The Kier molecular flexibility index (Phi) is 3.48. The number of carboxylic acid groups (broad SMARTS) is 1. The zero-order valence-electron chi connectivity index (χ0n) is 10.2. The lowest BCUT2D eigenvalue weighted by Crippen LogP contribution is -2.43. The number of hydrogen-bond donors (Lipinski definition) is 1. The molecule has 1 aliphatic heterocycles. The third-order valence-corrected chi connectivity index (χ3v) is 3.62. The number of aliphatic carboxylic acids is 1. The zero-order chi connectivity index (χ0) is 12.3. The van der Waals surface area contributed by atoms with Crippen LogP contribution in [0.2, 0.25) is 0 Å². The quantitative estimate of drug-likeness (QED) is 0.866. The molecule has 1 aromatic carbocycles. The van der Waals surface area contributed by atoms with E-state index in [1.54, 1.807) is 0 Å². The molecular weight excluding hydrogens is 214 g/mol. The average Bonchev–Trinajstić information content (AvgIpc) is 2.82. The van der Waals surface area contributed by atoms with Gasteiger partial charge >= 0.3 is 5.97 Å². The zero-order valence-corrected chi connectivity index (χ0v) is 10.2. The van der Waals surface area contributed by atoms with Crippen molar-refractivity contribution in [2.24, 2.45) is 0 Å². The van der Waals surface area contributed by atoms with Crippen molar-refractivity contribution in [3.8, 4) is 0 Å². The van der Waals surface area contributed by atoms with E-state index in [0.717, 1.165) is 18.7 Å². The first-order valence-corrected chi connectivity index (χ1v) is 6.14. The van der Waals surface area contributed by atoms with E-state index in [-0.39, 0.29) is 0 Å². The van der Waals surface area contributed by atoms with Crippen molar-refractivity contribution < 1.29 is 9.90 Å². The maximum atomic E-state index is 11.6. The Labute approximate surface area is 102 Å². The molecule has 3 nitrogen and oxygen atoms in total. The summed E-state index contributed by atoms with van der Waals surface area (Å²) in [5, 5.41) is 9.52. The van der Waals surface area contributed by atoms with Gasteiger partial charge in [0.2, 0.25) is 0 Å².